The van der Waals surface area contributed by atoms with Crippen LogP contribution in [-0.4, -0.2) is 11.9 Å². The lowest BCUT2D eigenvalue weighted by Crippen LogP contribution is -2.13. The van der Waals surface area contributed by atoms with Crippen LogP contribution in [0.3, 0.4) is 0 Å². The summed E-state index contributed by atoms with van der Waals surface area (Å²) in [5.74, 6) is -0.681. The highest BCUT2D eigenvalue weighted by Gasteiger charge is 2.41. The highest BCUT2D eigenvalue weighted by atomic mass is 17.2. The zero-order valence-corrected chi connectivity index (χ0v) is 19.3. The quantitative estimate of drug-likeness (QED) is 0.219. The molecule has 4 heteroatoms. The third kappa shape index (κ3) is 3.90. The van der Waals surface area contributed by atoms with E-state index in [1.165, 1.54) is 47.6 Å². The van der Waals surface area contributed by atoms with Crippen LogP contribution < -0.4 is 0 Å². The molecule has 1 aromatic rings. The third-order valence-electron chi connectivity index (χ3n) is 6.43. The summed E-state index contributed by atoms with van der Waals surface area (Å²) in [5.41, 5.74) is 10.3. The van der Waals surface area contributed by atoms with Gasteiger partial charge < -0.3 is 0 Å². The van der Waals surface area contributed by atoms with Crippen molar-refractivity contribution >= 4 is 23.1 Å². The van der Waals surface area contributed by atoms with Crippen LogP contribution >= 0.6 is 0 Å². The molecule has 3 aliphatic rings. The van der Waals surface area contributed by atoms with Crippen molar-refractivity contribution in [3.05, 3.63) is 81.5 Å². The molecule has 0 amide bonds. The van der Waals surface area contributed by atoms with Gasteiger partial charge in [0.05, 0.1) is 0 Å². The maximum atomic E-state index is 12.8. The Balaban J connectivity index is 1.67. The fourth-order valence-electron chi connectivity index (χ4n) is 4.82. The van der Waals surface area contributed by atoms with E-state index in [1.54, 1.807) is 6.92 Å². The average Bonchev–Trinajstić information content (AvgIpc) is 3.28. The van der Waals surface area contributed by atoms with Gasteiger partial charge in [0.25, 0.3) is 0 Å². The van der Waals surface area contributed by atoms with Crippen molar-refractivity contribution in [1.29, 1.82) is 0 Å². The van der Waals surface area contributed by atoms with E-state index in [1.807, 2.05) is 12.1 Å². The molecule has 2 bridgehead atoms. The van der Waals surface area contributed by atoms with E-state index in [4.69, 9.17) is 4.89 Å². The van der Waals surface area contributed by atoms with Gasteiger partial charge in [-0.2, -0.15) is 0 Å². The molecule has 32 heavy (non-hydrogen) atoms. The van der Waals surface area contributed by atoms with Crippen molar-refractivity contribution in [3.8, 4) is 0 Å². The summed E-state index contributed by atoms with van der Waals surface area (Å²) >= 11 is 0. The molecule has 0 atom stereocenters. The SMILES string of the molecule is C=C(C)C(=O)OOC(=O)/C(C)=C1\C2=C3CC=C(CCCC(C)C)CC3=C1c1ccccc12. The second-order valence-electron chi connectivity index (χ2n) is 9.30. The summed E-state index contributed by atoms with van der Waals surface area (Å²) in [4.78, 5) is 33.9. The van der Waals surface area contributed by atoms with E-state index in [2.05, 4.69) is 43.5 Å². The Morgan fingerprint density at radius 1 is 1.00 bits per heavy atom. The van der Waals surface area contributed by atoms with Crippen molar-refractivity contribution in [2.75, 3.05) is 0 Å². The number of rotatable bonds is 6. The second kappa shape index (κ2) is 8.78. The maximum Gasteiger partial charge on any atom is 0.382 e. The van der Waals surface area contributed by atoms with Crippen molar-refractivity contribution in [2.24, 2.45) is 5.92 Å². The van der Waals surface area contributed by atoms with Crippen molar-refractivity contribution in [3.63, 3.8) is 0 Å². The Morgan fingerprint density at radius 3 is 2.25 bits per heavy atom. The molecular formula is C28H30O4. The third-order valence-corrected chi connectivity index (χ3v) is 6.43. The van der Waals surface area contributed by atoms with Crippen LogP contribution in [-0.2, 0) is 19.4 Å². The molecule has 0 radical (unpaired) electrons. The standard InChI is InChI=1S/C28H30O4/c1-16(2)9-8-10-19-13-14-22-23(15-19)26-21-12-7-6-11-20(21)25(22)24(26)18(5)28(30)32-31-27(29)17(3)4/h6-7,11-13,16H,3,8-10,14-15H2,1-2,4-5H3/b24-18+. The van der Waals surface area contributed by atoms with Crippen LogP contribution in [0.2, 0.25) is 0 Å². The summed E-state index contributed by atoms with van der Waals surface area (Å²) in [7, 11) is 0. The Kier molecular flexibility index (Phi) is 6.05. The van der Waals surface area contributed by atoms with Gasteiger partial charge in [-0.05, 0) is 78.9 Å². The first-order chi connectivity index (χ1) is 15.3. The smallest absolute Gasteiger partial charge is 0.242 e. The van der Waals surface area contributed by atoms with Crippen molar-refractivity contribution in [1.82, 2.24) is 0 Å². The Hall–Kier alpha value is -3.14. The Labute approximate surface area is 189 Å². The van der Waals surface area contributed by atoms with E-state index in [9.17, 15) is 9.59 Å². The molecule has 4 nitrogen and oxygen atoms in total. The first-order valence-corrected chi connectivity index (χ1v) is 11.3. The first-order valence-electron chi connectivity index (χ1n) is 11.3. The predicted octanol–water partition coefficient (Wildman–Crippen LogP) is 6.66. The lowest BCUT2D eigenvalue weighted by atomic mass is 9.82. The summed E-state index contributed by atoms with van der Waals surface area (Å²) in [6, 6.07) is 8.31. The fraction of sp³-hybridized carbons (Fsp3) is 0.357. The maximum absolute atomic E-state index is 12.8. The van der Waals surface area contributed by atoms with E-state index in [0.29, 0.717) is 5.57 Å². The van der Waals surface area contributed by atoms with E-state index < -0.39 is 11.9 Å². The molecule has 0 heterocycles. The molecular weight excluding hydrogens is 400 g/mol. The highest BCUT2D eigenvalue weighted by Crippen LogP contribution is 2.59. The van der Waals surface area contributed by atoms with Gasteiger partial charge in [-0.15, -0.1) is 0 Å². The zero-order valence-electron chi connectivity index (χ0n) is 19.3. The van der Waals surface area contributed by atoms with Crippen LogP contribution in [0.15, 0.2) is 70.4 Å². The van der Waals surface area contributed by atoms with E-state index in [-0.39, 0.29) is 5.57 Å². The molecule has 0 spiro atoms. The van der Waals surface area contributed by atoms with Crippen LogP contribution in [0.25, 0.3) is 11.1 Å². The lowest BCUT2D eigenvalue weighted by molar-refractivity contribution is -0.252. The van der Waals surface area contributed by atoms with Gasteiger partial charge >= 0.3 is 11.9 Å². The predicted molar refractivity (Wildman–Crippen MR) is 126 cm³/mol. The lowest BCUT2D eigenvalue weighted by Gasteiger charge is -2.22. The number of allylic oxidation sites excluding steroid dienone is 7. The molecule has 166 valence electrons. The van der Waals surface area contributed by atoms with Crippen molar-refractivity contribution < 1.29 is 19.4 Å². The Bertz CT molecular complexity index is 1140. The monoisotopic (exact) mass is 430 g/mol. The van der Waals surface area contributed by atoms with Gasteiger partial charge in [0.15, 0.2) is 0 Å². The number of carbonyl (C=O) groups is 2. The molecule has 1 aromatic carbocycles. The van der Waals surface area contributed by atoms with E-state index in [0.717, 1.165) is 41.9 Å². The average molecular weight is 431 g/mol. The van der Waals surface area contributed by atoms with Crippen LogP contribution in [0.4, 0.5) is 0 Å². The summed E-state index contributed by atoms with van der Waals surface area (Å²) in [6.07, 6.45) is 7.74. The Morgan fingerprint density at radius 2 is 1.62 bits per heavy atom. The number of hydrogen-bond acceptors (Lipinski definition) is 4. The minimum absolute atomic E-state index is 0.174. The molecule has 0 unspecified atom stereocenters. The van der Waals surface area contributed by atoms with E-state index >= 15 is 0 Å². The molecule has 3 aliphatic carbocycles. The molecule has 4 rings (SSSR count). The van der Waals surface area contributed by atoms with Gasteiger partial charge in [0, 0.05) is 16.7 Å². The largest absolute Gasteiger partial charge is 0.382 e. The molecule has 0 saturated carbocycles. The zero-order chi connectivity index (χ0) is 23.0. The van der Waals surface area contributed by atoms with Gasteiger partial charge in [0.1, 0.15) is 0 Å². The summed E-state index contributed by atoms with van der Waals surface area (Å²) in [5, 5.41) is 0. The van der Waals surface area contributed by atoms with Crippen molar-refractivity contribution in [2.45, 2.75) is 59.8 Å². The molecule has 0 fully saturated rings. The second-order valence-corrected chi connectivity index (χ2v) is 9.30. The summed E-state index contributed by atoms with van der Waals surface area (Å²) < 4.78 is 0. The first kappa shape index (κ1) is 22.1. The molecule has 0 saturated heterocycles. The van der Waals surface area contributed by atoms with Gasteiger partial charge in [0.2, 0.25) is 0 Å². The minimum atomic E-state index is -0.748. The minimum Gasteiger partial charge on any atom is -0.242 e. The van der Waals surface area contributed by atoms with Gasteiger partial charge in [-0.25, -0.2) is 19.4 Å². The highest BCUT2D eigenvalue weighted by molar-refractivity contribution is 6.19. The number of fused-ring (bicyclic) bond motifs is 6. The van der Waals surface area contributed by atoms with Crippen LogP contribution in [0.5, 0.6) is 0 Å². The molecule has 0 N–H and O–H groups in total. The normalized spacial score (nSPS) is 17.8. The number of benzene rings is 1. The van der Waals surface area contributed by atoms with Gasteiger partial charge in [-0.1, -0.05) is 62.8 Å². The summed E-state index contributed by atoms with van der Waals surface area (Å²) in [6.45, 7) is 11.3. The number of hydrogen-bond donors (Lipinski definition) is 0. The number of carbonyl (C=O) groups excluding carboxylic acids is 2. The van der Waals surface area contributed by atoms with Crippen LogP contribution in [0.1, 0.15) is 70.9 Å². The topological polar surface area (TPSA) is 52.6 Å². The fourth-order valence-corrected chi connectivity index (χ4v) is 4.82. The van der Waals surface area contributed by atoms with Gasteiger partial charge in [-0.3, -0.25) is 0 Å². The molecule has 0 aromatic heterocycles. The van der Waals surface area contributed by atoms with Crippen LogP contribution in [0, 0.1) is 5.92 Å². The molecule has 0 aliphatic heterocycles.